The van der Waals surface area contributed by atoms with Crippen molar-refractivity contribution in [1.82, 2.24) is 9.62 Å². The molecule has 0 amide bonds. The summed E-state index contributed by atoms with van der Waals surface area (Å²) in [5.74, 6) is -3.94. The fraction of sp³-hybridized carbons (Fsp3) is 0.588. The summed E-state index contributed by atoms with van der Waals surface area (Å²) in [6.07, 6.45) is -0.539. The molecule has 0 bridgehead atoms. The first-order valence-corrected chi connectivity index (χ1v) is 10.1. The van der Waals surface area contributed by atoms with Crippen molar-refractivity contribution >= 4 is 16.0 Å². The lowest BCUT2D eigenvalue weighted by Gasteiger charge is -2.32. The molecule has 0 aromatic heterocycles. The molecule has 2 atom stereocenters. The van der Waals surface area contributed by atoms with Gasteiger partial charge in [0.05, 0.1) is 32.4 Å². The van der Waals surface area contributed by atoms with Crippen molar-refractivity contribution in [2.45, 2.75) is 37.9 Å². The number of alkyl halides is 2. The average molecular weight is 406 g/mol. The molecule has 1 N–H and O–H groups in total. The molecule has 2 rings (SSSR count). The maximum Gasteiger partial charge on any atom is 0.307 e. The number of hydrogen-bond acceptors (Lipinski definition) is 6. The van der Waals surface area contributed by atoms with Crippen molar-refractivity contribution in [2.75, 3.05) is 26.5 Å². The van der Waals surface area contributed by atoms with Crippen LogP contribution in [0.5, 0.6) is 5.75 Å². The molecule has 0 saturated carbocycles. The second kappa shape index (κ2) is 8.49. The Morgan fingerprint density at radius 2 is 1.93 bits per heavy atom. The summed E-state index contributed by atoms with van der Waals surface area (Å²) >= 11 is 0. The molecule has 10 heteroatoms. The molecule has 27 heavy (non-hydrogen) atoms. The number of hydrogen-bond donors (Lipinski definition) is 1. The maximum atomic E-state index is 14.9. The zero-order valence-corrected chi connectivity index (χ0v) is 16.3. The van der Waals surface area contributed by atoms with E-state index in [-0.39, 0.29) is 18.8 Å². The van der Waals surface area contributed by atoms with Crippen LogP contribution in [0.4, 0.5) is 8.78 Å². The number of esters is 1. The fourth-order valence-corrected chi connectivity index (χ4v) is 4.27. The van der Waals surface area contributed by atoms with Crippen molar-refractivity contribution in [2.24, 2.45) is 0 Å². The Balaban J connectivity index is 2.30. The van der Waals surface area contributed by atoms with Gasteiger partial charge in [-0.1, -0.05) is 12.1 Å². The highest BCUT2D eigenvalue weighted by atomic mass is 32.2. The van der Waals surface area contributed by atoms with Crippen LogP contribution in [0.25, 0.3) is 0 Å². The molecule has 0 unspecified atom stereocenters. The smallest absolute Gasteiger partial charge is 0.307 e. The number of carbonyl (C=O) groups is 1. The van der Waals surface area contributed by atoms with Gasteiger partial charge in [0.15, 0.2) is 0 Å². The number of ether oxygens (including phenoxy) is 2. The van der Waals surface area contributed by atoms with E-state index in [1.165, 1.54) is 14.0 Å². The van der Waals surface area contributed by atoms with Gasteiger partial charge in [0.1, 0.15) is 11.8 Å². The van der Waals surface area contributed by atoms with E-state index in [4.69, 9.17) is 4.74 Å². The first-order valence-electron chi connectivity index (χ1n) is 8.46. The number of methoxy groups -OCH3 is 2. The van der Waals surface area contributed by atoms with Crippen molar-refractivity contribution in [3.8, 4) is 5.75 Å². The molecule has 0 radical (unpaired) electrons. The number of rotatable bonds is 8. The van der Waals surface area contributed by atoms with Crippen LogP contribution < -0.4 is 10.1 Å². The molecule has 7 nitrogen and oxygen atoms in total. The Bertz CT molecular complexity index is 755. The summed E-state index contributed by atoms with van der Waals surface area (Å²) in [7, 11) is -1.31. The third kappa shape index (κ3) is 4.74. The van der Waals surface area contributed by atoms with E-state index in [0.717, 1.165) is 11.4 Å². The number of benzene rings is 1. The summed E-state index contributed by atoms with van der Waals surface area (Å²) < 4.78 is 65.2. The van der Waals surface area contributed by atoms with Crippen LogP contribution in [0.3, 0.4) is 0 Å². The summed E-state index contributed by atoms with van der Waals surface area (Å²) in [4.78, 5) is 11.4. The minimum absolute atomic E-state index is 0.201. The van der Waals surface area contributed by atoms with Gasteiger partial charge in [-0.3, -0.25) is 4.79 Å². The lowest BCUT2D eigenvalue weighted by atomic mass is 10.0. The van der Waals surface area contributed by atoms with Gasteiger partial charge in [-0.15, -0.1) is 0 Å². The zero-order chi connectivity index (χ0) is 20.2. The number of halogens is 2. The first-order chi connectivity index (χ1) is 12.7. The second-order valence-corrected chi connectivity index (χ2v) is 8.44. The van der Waals surface area contributed by atoms with Gasteiger partial charge in [-0.25, -0.2) is 17.2 Å². The Labute approximate surface area is 157 Å². The van der Waals surface area contributed by atoms with Crippen LogP contribution in [-0.2, 0) is 26.1 Å². The Morgan fingerprint density at radius 1 is 1.30 bits per heavy atom. The predicted octanol–water partition coefficient (Wildman–Crippen LogP) is 1.39. The average Bonchev–Trinajstić information content (AvgIpc) is 2.93. The first kappa shape index (κ1) is 21.5. The number of nitrogens with one attached hydrogen (secondary N) is 1. The van der Waals surface area contributed by atoms with Gasteiger partial charge in [-0.2, -0.15) is 4.31 Å². The van der Waals surface area contributed by atoms with Crippen LogP contribution >= 0.6 is 0 Å². The third-order valence-corrected chi connectivity index (χ3v) is 6.46. The molecule has 1 aliphatic heterocycles. The quantitative estimate of drug-likeness (QED) is 0.657. The molecular weight excluding hydrogens is 382 g/mol. The topological polar surface area (TPSA) is 84.9 Å². The van der Waals surface area contributed by atoms with E-state index in [0.29, 0.717) is 11.3 Å². The summed E-state index contributed by atoms with van der Waals surface area (Å²) in [5, 5.41) is 2.57. The predicted molar refractivity (Wildman–Crippen MR) is 95.2 cm³/mol. The Kier molecular flexibility index (Phi) is 6.77. The van der Waals surface area contributed by atoms with E-state index >= 15 is 0 Å². The Morgan fingerprint density at radius 3 is 2.44 bits per heavy atom. The van der Waals surface area contributed by atoms with Gasteiger partial charge >= 0.3 is 5.97 Å². The van der Waals surface area contributed by atoms with E-state index in [9.17, 15) is 22.0 Å². The molecule has 1 aromatic carbocycles. The molecule has 1 saturated heterocycles. The summed E-state index contributed by atoms with van der Waals surface area (Å²) in [6.45, 7) is 0.944. The minimum Gasteiger partial charge on any atom is -0.497 e. The largest absolute Gasteiger partial charge is 0.497 e. The minimum atomic E-state index is -3.92. The second-order valence-electron chi connectivity index (χ2n) is 6.23. The Hall–Kier alpha value is -1.78. The summed E-state index contributed by atoms with van der Waals surface area (Å²) in [5.41, 5.74) is 0.556. The van der Waals surface area contributed by atoms with Gasteiger partial charge in [0, 0.05) is 13.1 Å². The fourth-order valence-electron chi connectivity index (χ4n) is 2.99. The van der Waals surface area contributed by atoms with Crippen LogP contribution in [0.15, 0.2) is 24.3 Å². The standard InChI is InChI=1S/C17H24F2N2O5S/c1-4-27(23,24)21(11-12-5-7-13(25-2)8-6-12)15-10-20-14(17(15,18)19)9-16(22)26-3/h5-8,14-15,20H,4,9-11H2,1-3H3/t14-,15-/m1/s1. The molecule has 0 aliphatic carbocycles. The van der Waals surface area contributed by atoms with Crippen LogP contribution in [0.1, 0.15) is 18.9 Å². The lowest BCUT2D eigenvalue weighted by Crippen LogP contribution is -2.52. The summed E-state index contributed by atoms with van der Waals surface area (Å²) in [6, 6.07) is 3.45. The van der Waals surface area contributed by atoms with Crippen molar-refractivity contribution < 1.29 is 31.5 Å². The van der Waals surface area contributed by atoms with E-state index < -0.39 is 40.4 Å². The lowest BCUT2D eigenvalue weighted by molar-refractivity contribution is -0.144. The maximum absolute atomic E-state index is 14.9. The van der Waals surface area contributed by atoms with Gasteiger partial charge in [-0.05, 0) is 24.6 Å². The molecule has 1 fully saturated rings. The molecule has 1 aromatic rings. The van der Waals surface area contributed by atoms with Crippen LogP contribution in [0.2, 0.25) is 0 Å². The number of nitrogens with zero attached hydrogens (tertiary/aromatic N) is 1. The monoisotopic (exact) mass is 406 g/mol. The van der Waals surface area contributed by atoms with Crippen molar-refractivity contribution in [3.63, 3.8) is 0 Å². The number of carbonyl (C=O) groups excluding carboxylic acids is 1. The highest BCUT2D eigenvalue weighted by Crippen LogP contribution is 2.36. The van der Waals surface area contributed by atoms with Crippen molar-refractivity contribution in [3.05, 3.63) is 29.8 Å². The van der Waals surface area contributed by atoms with Gasteiger partial charge in [0.2, 0.25) is 10.0 Å². The van der Waals surface area contributed by atoms with Gasteiger partial charge in [0.25, 0.3) is 5.92 Å². The van der Waals surface area contributed by atoms with E-state index in [1.54, 1.807) is 24.3 Å². The molecule has 1 aliphatic rings. The molecule has 0 spiro atoms. The van der Waals surface area contributed by atoms with Gasteiger partial charge < -0.3 is 14.8 Å². The SMILES string of the molecule is CCS(=O)(=O)N(Cc1ccc(OC)cc1)[C@@H]1CN[C@H](CC(=O)OC)C1(F)F. The van der Waals surface area contributed by atoms with Crippen LogP contribution in [-0.4, -0.2) is 63.2 Å². The normalized spacial score (nSPS) is 22.0. The van der Waals surface area contributed by atoms with E-state index in [1.807, 2.05) is 0 Å². The number of sulfonamides is 1. The van der Waals surface area contributed by atoms with Crippen LogP contribution in [0, 0.1) is 0 Å². The van der Waals surface area contributed by atoms with E-state index in [2.05, 4.69) is 10.1 Å². The zero-order valence-electron chi connectivity index (χ0n) is 15.4. The molecule has 1 heterocycles. The highest BCUT2D eigenvalue weighted by molar-refractivity contribution is 7.89. The third-order valence-electron chi connectivity index (χ3n) is 4.63. The molecular formula is C17H24F2N2O5S. The van der Waals surface area contributed by atoms with Crippen molar-refractivity contribution in [1.29, 1.82) is 0 Å². The highest BCUT2D eigenvalue weighted by Gasteiger charge is 2.57. The molecule has 152 valence electrons.